The molecule has 3 aromatic rings. The maximum absolute atomic E-state index is 12.8. The molecule has 3 rings (SSSR count). The third-order valence-electron chi connectivity index (χ3n) is 3.54. The van der Waals surface area contributed by atoms with Crippen molar-refractivity contribution in [2.75, 3.05) is 0 Å². The fraction of sp³-hybridized carbons (Fsp3) is 0.222. The van der Waals surface area contributed by atoms with Gasteiger partial charge in [0.1, 0.15) is 17.5 Å². The Bertz CT molecular complexity index is 977. The van der Waals surface area contributed by atoms with Crippen molar-refractivity contribution in [3.63, 3.8) is 0 Å². The topological polar surface area (TPSA) is 54.8 Å². The third-order valence-corrected chi connectivity index (χ3v) is 4.12. The molecule has 1 aromatic carbocycles. The van der Waals surface area contributed by atoms with Crippen LogP contribution in [-0.2, 0) is 6.18 Å². The molecule has 0 aliphatic rings. The average Bonchev–Trinajstić information content (AvgIpc) is 3.21. The summed E-state index contributed by atoms with van der Waals surface area (Å²) in [5.74, 6) is 0.570. The predicted octanol–water partition coefficient (Wildman–Crippen LogP) is 6.66. The van der Waals surface area contributed by atoms with Crippen molar-refractivity contribution in [1.82, 2.24) is 9.78 Å². The minimum atomic E-state index is -4.58. The van der Waals surface area contributed by atoms with Gasteiger partial charge in [-0.25, -0.2) is 4.68 Å². The van der Waals surface area contributed by atoms with Crippen LogP contribution < -0.4 is 0 Å². The first-order valence-corrected chi connectivity index (χ1v) is 8.59. The molecule has 0 aliphatic heterocycles. The quantitative estimate of drug-likeness (QED) is 0.469. The van der Waals surface area contributed by atoms with E-state index in [1.807, 2.05) is 19.9 Å². The molecule has 2 aromatic heterocycles. The number of alkyl halides is 3. The van der Waals surface area contributed by atoms with E-state index in [-0.39, 0.29) is 21.4 Å². The van der Waals surface area contributed by atoms with E-state index >= 15 is 0 Å². The van der Waals surface area contributed by atoms with Gasteiger partial charge in [0.15, 0.2) is 5.69 Å². The fourth-order valence-corrected chi connectivity index (χ4v) is 3.04. The van der Waals surface area contributed by atoms with Gasteiger partial charge in [-0.05, 0) is 25.1 Å². The summed E-state index contributed by atoms with van der Waals surface area (Å²) in [6.45, 7) is 5.71. The van der Waals surface area contributed by atoms with E-state index in [0.717, 1.165) is 12.1 Å². The molecule has 0 bridgehead atoms. The Morgan fingerprint density at radius 2 is 1.74 bits per heavy atom. The molecule has 0 N–H and O–H groups in total. The Morgan fingerprint density at radius 3 is 2.19 bits per heavy atom. The molecular weight excluding hydrogens is 402 g/mol. The van der Waals surface area contributed by atoms with Gasteiger partial charge in [0, 0.05) is 17.3 Å². The number of rotatable bonds is 2. The van der Waals surface area contributed by atoms with Crippen LogP contribution in [0.2, 0.25) is 10.0 Å². The molecule has 0 aliphatic carbocycles. The van der Waals surface area contributed by atoms with Crippen molar-refractivity contribution in [2.24, 2.45) is 0 Å². The fourth-order valence-electron chi connectivity index (χ4n) is 2.38. The first kappa shape index (κ1) is 20.9. The van der Waals surface area contributed by atoms with Crippen molar-refractivity contribution < 1.29 is 17.6 Å². The number of hydrogen-bond acceptors (Lipinski definition) is 3. The lowest BCUT2D eigenvalue weighted by atomic mass is 10.1. The molecular formula is C18H14Cl2F3N3O. The van der Waals surface area contributed by atoms with Crippen molar-refractivity contribution >= 4 is 23.2 Å². The molecule has 0 saturated heterocycles. The van der Waals surface area contributed by atoms with E-state index in [1.165, 1.54) is 17.1 Å². The van der Waals surface area contributed by atoms with Gasteiger partial charge >= 0.3 is 6.18 Å². The van der Waals surface area contributed by atoms with Gasteiger partial charge < -0.3 is 4.42 Å². The summed E-state index contributed by atoms with van der Waals surface area (Å²) < 4.78 is 44.9. The number of nitrogens with zero attached hydrogens (tertiary/aromatic N) is 3. The highest BCUT2D eigenvalue weighted by atomic mass is 35.5. The lowest BCUT2D eigenvalue weighted by Crippen LogP contribution is -2.07. The Kier molecular flexibility index (Phi) is 6.24. The zero-order valence-electron chi connectivity index (χ0n) is 14.5. The summed E-state index contributed by atoms with van der Waals surface area (Å²) in [4.78, 5) is 0. The smallest absolute Gasteiger partial charge is 0.416 e. The van der Waals surface area contributed by atoms with Crippen LogP contribution in [0.4, 0.5) is 13.2 Å². The highest BCUT2D eigenvalue weighted by Crippen LogP contribution is 2.38. The predicted molar refractivity (Wildman–Crippen MR) is 97.1 cm³/mol. The van der Waals surface area contributed by atoms with E-state index in [1.54, 1.807) is 13.0 Å². The lowest BCUT2D eigenvalue weighted by molar-refractivity contribution is -0.137. The Labute approximate surface area is 163 Å². The maximum Gasteiger partial charge on any atom is 0.416 e. The Balaban J connectivity index is 0.00000126. The van der Waals surface area contributed by atoms with Crippen LogP contribution in [0.25, 0.3) is 16.8 Å². The number of aromatic nitrogens is 2. The van der Waals surface area contributed by atoms with E-state index in [2.05, 4.69) is 5.10 Å². The third kappa shape index (κ3) is 4.12. The lowest BCUT2D eigenvalue weighted by Gasteiger charge is -2.12. The first-order chi connectivity index (χ1) is 12.7. The minimum Gasteiger partial charge on any atom is -0.469 e. The maximum atomic E-state index is 12.8. The Morgan fingerprint density at radius 1 is 1.15 bits per heavy atom. The molecule has 4 nitrogen and oxygen atoms in total. The highest BCUT2D eigenvalue weighted by Gasteiger charge is 2.32. The van der Waals surface area contributed by atoms with Crippen molar-refractivity contribution in [3.8, 4) is 22.9 Å². The molecule has 2 heterocycles. The molecule has 0 unspecified atom stereocenters. The summed E-state index contributed by atoms with van der Waals surface area (Å²) in [5, 5.41) is 12.9. The van der Waals surface area contributed by atoms with Crippen LogP contribution in [0.5, 0.6) is 0 Å². The van der Waals surface area contributed by atoms with Crippen LogP contribution in [0.3, 0.4) is 0 Å². The van der Waals surface area contributed by atoms with E-state index in [0.29, 0.717) is 16.9 Å². The van der Waals surface area contributed by atoms with E-state index < -0.39 is 11.7 Å². The standard InChI is InChI=1S/C16H8Cl2F3N3O.C2H6/c1-8-10(2-3-25-8)11-7-24(23-14(11)6-22)15-12(17)4-9(5-13(15)18)16(19,20)21;1-2/h2-5,7H,1H3;1-2H3. The van der Waals surface area contributed by atoms with Crippen LogP contribution in [0, 0.1) is 18.3 Å². The molecule has 9 heteroatoms. The van der Waals surface area contributed by atoms with Crippen LogP contribution in [0.15, 0.2) is 35.1 Å². The molecule has 0 amide bonds. The summed E-state index contributed by atoms with van der Waals surface area (Å²) in [6, 6.07) is 5.12. The molecule has 0 saturated carbocycles. The number of aryl methyl sites for hydroxylation is 1. The average molecular weight is 416 g/mol. The SMILES string of the molecule is CC.Cc1occc1-c1cn(-c2c(Cl)cc(C(F)(F)F)cc2Cl)nc1C#N. The monoisotopic (exact) mass is 415 g/mol. The molecule has 0 atom stereocenters. The normalized spacial score (nSPS) is 10.9. The van der Waals surface area contributed by atoms with Gasteiger partial charge in [0.25, 0.3) is 0 Å². The molecule has 0 fully saturated rings. The van der Waals surface area contributed by atoms with Crippen molar-refractivity contribution in [3.05, 3.63) is 57.7 Å². The summed E-state index contributed by atoms with van der Waals surface area (Å²) in [6.07, 6.45) is -1.65. The van der Waals surface area contributed by atoms with Gasteiger partial charge in [-0.3, -0.25) is 0 Å². The summed E-state index contributed by atoms with van der Waals surface area (Å²) in [7, 11) is 0. The summed E-state index contributed by atoms with van der Waals surface area (Å²) in [5.41, 5.74) is 0.254. The number of hydrogen-bond donors (Lipinski definition) is 0. The largest absolute Gasteiger partial charge is 0.469 e. The van der Waals surface area contributed by atoms with Gasteiger partial charge in [-0.2, -0.15) is 23.5 Å². The number of nitriles is 1. The van der Waals surface area contributed by atoms with E-state index in [9.17, 15) is 18.4 Å². The number of furan rings is 1. The number of halogens is 5. The highest BCUT2D eigenvalue weighted by molar-refractivity contribution is 6.37. The summed E-state index contributed by atoms with van der Waals surface area (Å²) >= 11 is 12.0. The van der Waals surface area contributed by atoms with Crippen molar-refractivity contribution in [2.45, 2.75) is 26.9 Å². The first-order valence-electron chi connectivity index (χ1n) is 7.83. The van der Waals surface area contributed by atoms with Gasteiger partial charge in [-0.1, -0.05) is 37.0 Å². The minimum absolute atomic E-state index is 0.0558. The second kappa shape index (κ2) is 8.07. The van der Waals surface area contributed by atoms with Crippen LogP contribution in [0.1, 0.15) is 30.9 Å². The van der Waals surface area contributed by atoms with E-state index in [4.69, 9.17) is 27.6 Å². The zero-order valence-corrected chi connectivity index (χ0v) is 16.0. The van der Waals surface area contributed by atoms with Gasteiger partial charge in [0.05, 0.1) is 21.9 Å². The van der Waals surface area contributed by atoms with Gasteiger partial charge in [0.2, 0.25) is 0 Å². The van der Waals surface area contributed by atoms with Crippen LogP contribution >= 0.6 is 23.2 Å². The second-order valence-electron chi connectivity index (χ2n) is 5.12. The van der Waals surface area contributed by atoms with Crippen molar-refractivity contribution in [1.29, 1.82) is 5.26 Å². The Hall–Kier alpha value is -2.43. The second-order valence-corrected chi connectivity index (χ2v) is 5.94. The molecule has 0 radical (unpaired) electrons. The van der Waals surface area contributed by atoms with Crippen LogP contribution in [-0.4, -0.2) is 9.78 Å². The zero-order chi connectivity index (χ0) is 20.4. The van der Waals surface area contributed by atoms with Gasteiger partial charge in [-0.15, -0.1) is 0 Å². The molecule has 0 spiro atoms. The molecule has 27 heavy (non-hydrogen) atoms. The number of benzene rings is 1. The molecule has 142 valence electrons.